The summed E-state index contributed by atoms with van der Waals surface area (Å²) in [5, 5.41) is 34.4. The van der Waals surface area contributed by atoms with Crippen molar-refractivity contribution in [3.63, 3.8) is 0 Å². The second-order valence-electron chi connectivity index (χ2n) is 9.56. The van der Waals surface area contributed by atoms with E-state index in [1.165, 1.54) is 10.9 Å². The minimum absolute atomic E-state index is 0.0124. The summed E-state index contributed by atoms with van der Waals surface area (Å²) in [6, 6.07) is 0. The summed E-state index contributed by atoms with van der Waals surface area (Å²) in [5.41, 5.74) is 5.41. The number of nitrogens with two attached hydrogens (primary N) is 1. The maximum atomic E-state index is 12.2. The van der Waals surface area contributed by atoms with Crippen molar-refractivity contribution in [2.45, 2.75) is 76.6 Å². The van der Waals surface area contributed by atoms with E-state index in [1.54, 1.807) is 6.92 Å². The second kappa shape index (κ2) is 8.53. The van der Waals surface area contributed by atoms with Crippen LogP contribution < -0.4 is 11.1 Å². The third-order valence-corrected chi connectivity index (χ3v) is 6.19. The molecular formula is C22H30N6O5. The molecule has 2 aliphatic rings. The fraction of sp³-hybridized carbons (Fsp3) is 0.636. The summed E-state index contributed by atoms with van der Waals surface area (Å²) >= 11 is 0. The summed E-state index contributed by atoms with van der Waals surface area (Å²) in [6.07, 6.45) is -0.820. The molecule has 1 amide bonds. The van der Waals surface area contributed by atoms with Crippen molar-refractivity contribution >= 4 is 22.9 Å². The lowest BCUT2D eigenvalue weighted by Gasteiger charge is -2.38. The first-order chi connectivity index (χ1) is 15.5. The molecule has 1 aliphatic heterocycles. The third-order valence-electron chi connectivity index (χ3n) is 6.19. The largest absolute Gasteiger partial charge is 0.387 e. The van der Waals surface area contributed by atoms with E-state index >= 15 is 0 Å². The molecule has 0 unspecified atom stereocenters. The van der Waals surface area contributed by atoms with E-state index in [-0.39, 0.29) is 28.2 Å². The van der Waals surface area contributed by atoms with Crippen LogP contribution in [0.25, 0.3) is 11.2 Å². The SMILES string of the molecule is CCNC(=O)[C@H]1O[C@@H](n2cnc3c(N)nc(C#C[C@]4(O)CCCC(C)(C)C4)nc32)[C@H](O)[C@@H]1O. The average Bonchev–Trinajstić information content (AvgIpc) is 3.27. The van der Waals surface area contributed by atoms with Gasteiger partial charge in [0, 0.05) is 6.54 Å². The number of aromatic nitrogens is 4. The Labute approximate surface area is 191 Å². The van der Waals surface area contributed by atoms with Gasteiger partial charge in [-0.2, -0.15) is 0 Å². The minimum atomic E-state index is -1.43. The maximum absolute atomic E-state index is 12.2. The number of nitrogens with one attached hydrogen (secondary N) is 1. The number of nitrogen functional groups attached to an aromatic ring is 1. The molecule has 11 nitrogen and oxygen atoms in total. The zero-order valence-electron chi connectivity index (χ0n) is 18.9. The molecule has 0 aromatic carbocycles. The fourth-order valence-corrected chi connectivity index (χ4v) is 4.67. The molecule has 11 heteroatoms. The van der Waals surface area contributed by atoms with Gasteiger partial charge in [-0.25, -0.2) is 15.0 Å². The number of amides is 1. The van der Waals surface area contributed by atoms with E-state index in [9.17, 15) is 20.1 Å². The zero-order chi connectivity index (χ0) is 24.0. The first-order valence-electron chi connectivity index (χ1n) is 11.1. The van der Waals surface area contributed by atoms with Crippen molar-refractivity contribution in [1.82, 2.24) is 24.8 Å². The molecule has 6 N–H and O–H groups in total. The summed E-state index contributed by atoms with van der Waals surface area (Å²) in [5.74, 6) is 5.39. The van der Waals surface area contributed by atoms with Crippen LogP contribution in [0.3, 0.4) is 0 Å². The van der Waals surface area contributed by atoms with E-state index in [1.807, 2.05) is 0 Å². The molecule has 0 spiro atoms. The van der Waals surface area contributed by atoms with Gasteiger partial charge >= 0.3 is 0 Å². The highest BCUT2D eigenvalue weighted by atomic mass is 16.6. The summed E-state index contributed by atoms with van der Waals surface area (Å²) in [6.45, 7) is 6.31. The van der Waals surface area contributed by atoms with Crippen LogP contribution in [0, 0.1) is 17.3 Å². The number of aliphatic hydroxyl groups excluding tert-OH is 2. The van der Waals surface area contributed by atoms with Crippen LogP contribution in [-0.4, -0.2) is 71.2 Å². The van der Waals surface area contributed by atoms with E-state index in [0.717, 1.165) is 12.8 Å². The van der Waals surface area contributed by atoms with Gasteiger partial charge in [-0.3, -0.25) is 9.36 Å². The summed E-state index contributed by atoms with van der Waals surface area (Å²) in [4.78, 5) is 25.0. The van der Waals surface area contributed by atoms with Gasteiger partial charge in [-0.15, -0.1) is 0 Å². The Hall–Kier alpha value is -2.78. The van der Waals surface area contributed by atoms with Crippen molar-refractivity contribution in [2.24, 2.45) is 5.41 Å². The molecule has 33 heavy (non-hydrogen) atoms. The molecular weight excluding hydrogens is 428 g/mol. The number of anilines is 1. The Morgan fingerprint density at radius 3 is 2.79 bits per heavy atom. The average molecular weight is 459 g/mol. The lowest BCUT2D eigenvalue weighted by molar-refractivity contribution is -0.137. The molecule has 0 radical (unpaired) electrons. The maximum Gasteiger partial charge on any atom is 0.252 e. The predicted octanol–water partition coefficient (Wildman–Crippen LogP) is -0.153. The molecule has 2 fully saturated rings. The van der Waals surface area contributed by atoms with Crippen LogP contribution in [0.1, 0.15) is 58.5 Å². The first kappa shape index (κ1) is 23.4. The van der Waals surface area contributed by atoms with Crippen LogP contribution in [0.4, 0.5) is 5.82 Å². The first-order valence-corrected chi connectivity index (χ1v) is 11.1. The molecule has 1 saturated heterocycles. The smallest absolute Gasteiger partial charge is 0.252 e. The van der Waals surface area contributed by atoms with Crippen LogP contribution in [0.2, 0.25) is 0 Å². The number of carbonyl (C=O) groups is 1. The number of likely N-dealkylation sites (N-methyl/N-ethyl adjacent to an activating group) is 1. The van der Waals surface area contributed by atoms with E-state index < -0.39 is 36.0 Å². The van der Waals surface area contributed by atoms with Gasteiger partial charge in [-0.05, 0) is 43.9 Å². The highest BCUT2D eigenvalue weighted by Gasteiger charge is 2.47. The van der Waals surface area contributed by atoms with Crippen LogP contribution in [-0.2, 0) is 9.53 Å². The molecule has 178 valence electrons. The summed E-state index contributed by atoms with van der Waals surface area (Å²) < 4.78 is 7.05. The van der Waals surface area contributed by atoms with E-state index in [2.05, 4.69) is 46.0 Å². The lowest BCUT2D eigenvalue weighted by atomic mass is 9.70. The van der Waals surface area contributed by atoms with Gasteiger partial charge in [0.2, 0.25) is 5.82 Å². The number of rotatable bonds is 3. The Morgan fingerprint density at radius 2 is 2.09 bits per heavy atom. The molecule has 4 rings (SSSR count). The van der Waals surface area contributed by atoms with Gasteiger partial charge in [-0.1, -0.05) is 19.8 Å². The van der Waals surface area contributed by atoms with Crippen molar-refractivity contribution in [3.8, 4) is 11.8 Å². The number of fused-ring (bicyclic) bond motifs is 1. The molecule has 5 atom stereocenters. The van der Waals surface area contributed by atoms with Crippen molar-refractivity contribution in [2.75, 3.05) is 12.3 Å². The van der Waals surface area contributed by atoms with Gasteiger partial charge < -0.3 is 31.1 Å². The molecule has 1 aliphatic carbocycles. The molecule has 0 bridgehead atoms. The number of ether oxygens (including phenoxy) is 1. The Morgan fingerprint density at radius 1 is 1.33 bits per heavy atom. The molecule has 2 aromatic heterocycles. The van der Waals surface area contributed by atoms with E-state index in [4.69, 9.17) is 10.5 Å². The number of nitrogens with zero attached hydrogens (tertiary/aromatic N) is 4. The number of aliphatic hydroxyl groups is 3. The fourth-order valence-electron chi connectivity index (χ4n) is 4.67. The van der Waals surface area contributed by atoms with Crippen molar-refractivity contribution in [3.05, 3.63) is 12.2 Å². The standard InChI is InChI=1S/C22H30N6O5/c1-4-24-19(31)16-14(29)15(30)20(33-16)28-11-25-13-17(23)26-12(27-18(13)28)6-9-22(32)8-5-7-21(2,3)10-22/h11,14-16,20,29-30,32H,4-5,7-8,10H2,1-3H3,(H,24,31)(H2,23,26,27)/t14-,15+,16-,20+,22+/m0/s1. The lowest BCUT2D eigenvalue weighted by Crippen LogP contribution is -2.42. The summed E-state index contributed by atoms with van der Waals surface area (Å²) in [7, 11) is 0. The Kier molecular flexibility index (Phi) is 6.05. The topological polar surface area (TPSA) is 169 Å². The van der Waals surface area contributed by atoms with Gasteiger partial charge in [0.1, 0.15) is 23.3 Å². The van der Waals surface area contributed by atoms with Crippen LogP contribution in [0.5, 0.6) is 0 Å². The van der Waals surface area contributed by atoms with Gasteiger partial charge in [0.05, 0.1) is 6.33 Å². The predicted molar refractivity (Wildman–Crippen MR) is 118 cm³/mol. The zero-order valence-corrected chi connectivity index (χ0v) is 18.9. The van der Waals surface area contributed by atoms with Crippen molar-refractivity contribution < 1.29 is 24.9 Å². The minimum Gasteiger partial charge on any atom is -0.387 e. The van der Waals surface area contributed by atoms with Crippen LogP contribution >= 0.6 is 0 Å². The second-order valence-corrected chi connectivity index (χ2v) is 9.56. The number of hydrogen-bond donors (Lipinski definition) is 5. The number of imidazole rings is 1. The monoisotopic (exact) mass is 458 g/mol. The Balaban J connectivity index is 1.66. The van der Waals surface area contributed by atoms with Crippen molar-refractivity contribution in [1.29, 1.82) is 0 Å². The highest BCUT2D eigenvalue weighted by molar-refractivity contribution is 5.83. The van der Waals surface area contributed by atoms with Gasteiger partial charge in [0.15, 0.2) is 23.8 Å². The van der Waals surface area contributed by atoms with E-state index in [0.29, 0.717) is 19.4 Å². The van der Waals surface area contributed by atoms with Crippen LogP contribution in [0.15, 0.2) is 6.33 Å². The quantitative estimate of drug-likeness (QED) is 0.393. The normalized spacial score (nSPS) is 31.2. The Bertz CT molecular complexity index is 1120. The molecule has 1 saturated carbocycles. The number of hydrogen-bond acceptors (Lipinski definition) is 9. The molecule has 2 aromatic rings. The molecule has 3 heterocycles. The van der Waals surface area contributed by atoms with Gasteiger partial charge in [0.25, 0.3) is 5.91 Å². The third kappa shape index (κ3) is 4.52. The number of carbonyl (C=O) groups excluding carboxylic acids is 1. The highest BCUT2D eigenvalue weighted by Crippen LogP contribution is 2.40.